The number of aromatic hydroxyl groups is 1. The summed E-state index contributed by atoms with van der Waals surface area (Å²) >= 11 is 0. The predicted molar refractivity (Wildman–Crippen MR) is 78.0 cm³/mol. The number of phenols is 1. The molecule has 1 unspecified atom stereocenters. The van der Waals surface area contributed by atoms with Crippen LogP contribution < -0.4 is 5.32 Å². The first kappa shape index (κ1) is 15.2. The summed E-state index contributed by atoms with van der Waals surface area (Å²) in [7, 11) is 0. The third-order valence-corrected chi connectivity index (χ3v) is 3.56. The number of hydrogen-bond donors (Lipinski definition) is 2. The summed E-state index contributed by atoms with van der Waals surface area (Å²) in [4.78, 5) is 13.2. The Kier molecular flexibility index (Phi) is 3.63. The summed E-state index contributed by atoms with van der Waals surface area (Å²) in [5, 5.41) is 12.5. The van der Waals surface area contributed by atoms with Gasteiger partial charge in [-0.2, -0.15) is 13.2 Å². The molecule has 0 saturated heterocycles. The van der Waals surface area contributed by atoms with Gasteiger partial charge in [0, 0.05) is 5.69 Å². The molecule has 0 saturated carbocycles. The first-order chi connectivity index (χ1) is 10.8. The van der Waals surface area contributed by atoms with Gasteiger partial charge in [0.1, 0.15) is 18.5 Å². The van der Waals surface area contributed by atoms with Gasteiger partial charge in [-0.15, -0.1) is 0 Å². The normalized spacial score (nSPS) is 17.6. The van der Waals surface area contributed by atoms with E-state index in [-0.39, 0.29) is 11.3 Å². The van der Waals surface area contributed by atoms with Crippen molar-refractivity contribution in [2.45, 2.75) is 12.3 Å². The summed E-state index contributed by atoms with van der Waals surface area (Å²) in [5.41, 5.74) is 1.02. The SMILES string of the molecule is O=C1c2ccccc2NC(c2cccc(O)c2)N1CC(F)(F)F. The van der Waals surface area contributed by atoms with Crippen molar-refractivity contribution in [1.82, 2.24) is 4.90 Å². The molecular formula is C16H13F3N2O2. The van der Waals surface area contributed by atoms with Gasteiger partial charge in [-0.3, -0.25) is 4.79 Å². The standard InChI is InChI=1S/C16H13F3N2O2/c17-16(18,19)9-21-14(10-4-3-5-11(22)8-10)20-13-7-2-1-6-12(13)15(21)23/h1-8,14,20,22H,9H2. The number of fused-ring (bicyclic) bond motifs is 1. The topological polar surface area (TPSA) is 52.6 Å². The molecule has 0 fully saturated rings. The lowest BCUT2D eigenvalue weighted by Crippen LogP contribution is -2.47. The quantitative estimate of drug-likeness (QED) is 0.889. The van der Waals surface area contributed by atoms with Gasteiger partial charge < -0.3 is 15.3 Å². The summed E-state index contributed by atoms with van der Waals surface area (Å²) in [6.45, 7) is -1.38. The van der Waals surface area contributed by atoms with Crippen molar-refractivity contribution in [3.05, 3.63) is 59.7 Å². The number of phenolic OH excluding ortho intramolecular Hbond substituents is 1. The minimum atomic E-state index is -4.53. The van der Waals surface area contributed by atoms with E-state index in [4.69, 9.17) is 0 Å². The van der Waals surface area contributed by atoms with Gasteiger partial charge in [0.2, 0.25) is 0 Å². The molecule has 23 heavy (non-hydrogen) atoms. The zero-order valence-corrected chi connectivity index (χ0v) is 11.8. The Morgan fingerprint density at radius 2 is 1.87 bits per heavy atom. The van der Waals surface area contributed by atoms with Gasteiger partial charge in [0.25, 0.3) is 5.91 Å². The third-order valence-electron chi connectivity index (χ3n) is 3.56. The number of carbonyl (C=O) groups is 1. The molecule has 7 heteroatoms. The maximum Gasteiger partial charge on any atom is 0.406 e. The third kappa shape index (κ3) is 3.08. The van der Waals surface area contributed by atoms with Crippen molar-refractivity contribution < 1.29 is 23.1 Å². The Balaban J connectivity index is 2.06. The van der Waals surface area contributed by atoms with Crippen LogP contribution >= 0.6 is 0 Å². The van der Waals surface area contributed by atoms with Gasteiger partial charge >= 0.3 is 6.18 Å². The highest BCUT2D eigenvalue weighted by Crippen LogP contribution is 2.35. The highest BCUT2D eigenvalue weighted by atomic mass is 19.4. The number of amides is 1. The van der Waals surface area contributed by atoms with Crippen LogP contribution in [0.3, 0.4) is 0 Å². The van der Waals surface area contributed by atoms with E-state index < -0.39 is 24.8 Å². The van der Waals surface area contributed by atoms with E-state index in [1.165, 1.54) is 24.3 Å². The molecule has 0 spiro atoms. The molecule has 1 heterocycles. The van der Waals surface area contributed by atoms with Gasteiger partial charge in [-0.25, -0.2) is 0 Å². The largest absolute Gasteiger partial charge is 0.508 e. The van der Waals surface area contributed by atoms with Crippen LogP contribution in [0.4, 0.5) is 18.9 Å². The summed E-state index contributed by atoms with van der Waals surface area (Å²) in [6.07, 6.45) is -5.54. The zero-order valence-electron chi connectivity index (χ0n) is 11.8. The fourth-order valence-electron chi connectivity index (χ4n) is 2.61. The van der Waals surface area contributed by atoms with E-state index in [2.05, 4.69) is 5.32 Å². The average Bonchev–Trinajstić information content (AvgIpc) is 2.49. The van der Waals surface area contributed by atoms with Crippen molar-refractivity contribution >= 4 is 11.6 Å². The predicted octanol–water partition coefficient (Wildman–Crippen LogP) is 3.52. The zero-order chi connectivity index (χ0) is 16.6. The fraction of sp³-hybridized carbons (Fsp3) is 0.188. The number of para-hydroxylation sites is 1. The Morgan fingerprint density at radius 3 is 2.57 bits per heavy atom. The maximum atomic E-state index is 12.9. The molecule has 4 nitrogen and oxygen atoms in total. The minimum Gasteiger partial charge on any atom is -0.508 e. The molecule has 3 rings (SSSR count). The molecule has 0 aromatic heterocycles. The second-order valence-electron chi connectivity index (χ2n) is 5.24. The van der Waals surface area contributed by atoms with Crippen molar-refractivity contribution in [2.75, 3.05) is 11.9 Å². The monoisotopic (exact) mass is 322 g/mol. The summed E-state index contributed by atoms with van der Waals surface area (Å²) in [5.74, 6) is -0.785. The number of rotatable bonds is 2. The average molecular weight is 322 g/mol. The van der Waals surface area contributed by atoms with Gasteiger partial charge in [0.05, 0.1) is 5.56 Å². The van der Waals surface area contributed by atoms with Crippen molar-refractivity contribution in [2.24, 2.45) is 0 Å². The van der Waals surface area contributed by atoms with Crippen LogP contribution in [-0.4, -0.2) is 28.6 Å². The lowest BCUT2D eigenvalue weighted by atomic mass is 10.0. The van der Waals surface area contributed by atoms with E-state index in [9.17, 15) is 23.1 Å². The summed E-state index contributed by atoms with van der Waals surface area (Å²) < 4.78 is 38.7. The minimum absolute atomic E-state index is 0.0810. The van der Waals surface area contributed by atoms with Gasteiger partial charge in [0.15, 0.2) is 0 Å². The number of hydrogen-bond acceptors (Lipinski definition) is 3. The Hall–Kier alpha value is -2.70. The Morgan fingerprint density at radius 1 is 1.13 bits per heavy atom. The first-order valence-electron chi connectivity index (χ1n) is 6.87. The van der Waals surface area contributed by atoms with Gasteiger partial charge in [-0.05, 0) is 29.8 Å². The van der Waals surface area contributed by atoms with E-state index in [1.54, 1.807) is 24.3 Å². The molecule has 2 aromatic carbocycles. The molecule has 1 aliphatic rings. The molecular weight excluding hydrogens is 309 g/mol. The van der Waals surface area contributed by atoms with E-state index in [1.807, 2.05) is 0 Å². The lowest BCUT2D eigenvalue weighted by molar-refractivity contribution is -0.144. The highest BCUT2D eigenvalue weighted by molar-refractivity contribution is 6.01. The number of nitrogens with zero attached hydrogens (tertiary/aromatic N) is 1. The van der Waals surface area contributed by atoms with Crippen LogP contribution in [-0.2, 0) is 0 Å². The molecule has 0 radical (unpaired) electrons. The van der Waals surface area contributed by atoms with Crippen LogP contribution in [0, 0.1) is 0 Å². The number of alkyl halides is 3. The molecule has 1 atom stereocenters. The van der Waals surface area contributed by atoms with E-state index in [0.717, 1.165) is 4.90 Å². The molecule has 1 aliphatic heterocycles. The van der Waals surface area contributed by atoms with Crippen molar-refractivity contribution in [3.8, 4) is 5.75 Å². The highest BCUT2D eigenvalue weighted by Gasteiger charge is 2.40. The van der Waals surface area contributed by atoms with Crippen molar-refractivity contribution in [1.29, 1.82) is 0 Å². The van der Waals surface area contributed by atoms with E-state index >= 15 is 0 Å². The number of halogens is 3. The van der Waals surface area contributed by atoms with Gasteiger partial charge in [-0.1, -0.05) is 24.3 Å². The maximum absolute atomic E-state index is 12.9. The number of nitrogens with one attached hydrogen (secondary N) is 1. The second-order valence-corrected chi connectivity index (χ2v) is 5.24. The second kappa shape index (κ2) is 5.49. The molecule has 1 amide bonds. The molecule has 0 bridgehead atoms. The lowest BCUT2D eigenvalue weighted by Gasteiger charge is -2.38. The number of anilines is 1. The molecule has 0 aliphatic carbocycles. The number of carbonyl (C=O) groups excluding carboxylic acids is 1. The van der Waals surface area contributed by atoms with Crippen LogP contribution in [0.1, 0.15) is 22.1 Å². The molecule has 2 N–H and O–H groups in total. The summed E-state index contributed by atoms with van der Waals surface area (Å²) in [6, 6.07) is 12.2. The first-order valence-corrected chi connectivity index (χ1v) is 6.87. The van der Waals surface area contributed by atoms with Crippen molar-refractivity contribution in [3.63, 3.8) is 0 Å². The number of benzene rings is 2. The van der Waals surface area contributed by atoms with Crippen LogP contribution in [0.2, 0.25) is 0 Å². The Bertz CT molecular complexity index is 746. The van der Waals surface area contributed by atoms with E-state index in [0.29, 0.717) is 11.3 Å². The molecule has 2 aromatic rings. The fourth-order valence-corrected chi connectivity index (χ4v) is 2.61. The van der Waals surface area contributed by atoms with Crippen LogP contribution in [0.15, 0.2) is 48.5 Å². The van der Waals surface area contributed by atoms with Crippen LogP contribution in [0.25, 0.3) is 0 Å². The van der Waals surface area contributed by atoms with Crippen LogP contribution in [0.5, 0.6) is 5.75 Å². The smallest absolute Gasteiger partial charge is 0.406 e. The molecule has 120 valence electrons. The Labute approximate surface area is 130 Å².